The number of hydrogen-bond donors (Lipinski definition) is 2. The Hall–Kier alpha value is -1.26. The molecule has 2 rings (SSSR count). The summed E-state index contributed by atoms with van der Waals surface area (Å²) in [6, 6.07) is 5.36. The van der Waals surface area contributed by atoms with E-state index in [-0.39, 0.29) is 5.91 Å². The van der Waals surface area contributed by atoms with Gasteiger partial charge in [-0.15, -0.1) is 0 Å². The average molecular weight is 255 g/mol. The lowest BCUT2D eigenvalue weighted by atomic mass is 10.2. The molecule has 0 aromatic heterocycles. The van der Waals surface area contributed by atoms with Crippen molar-refractivity contribution in [1.82, 2.24) is 5.32 Å². The number of carbonyl (C=O) groups excluding carboxylic acids is 1. The van der Waals surface area contributed by atoms with E-state index in [4.69, 9.17) is 22.1 Å². The molecule has 0 spiro atoms. The third kappa shape index (κ3) is 2.70. The molecule has 0 aliphatic heterocycles. The van der Waals surface area contributed by atoms with Crippen molar-refractivity contribution < 1.29 is 9.53 Å². The zero-order valence-electron chi connectivity index (χ0n) is 9.63. The molecular weight excluding hydrogens is 240 g/mol. The van der Waals surface area contributed by atoms with E-state index >= 15 is 0 Å². The zero-order valence-corrected chi connectivity index (χ0v) is 10.4. The van der Waals surface area contributed by atoms with Gasteiger partial charge in [-0.1, -0.05) is 17.7 Å². The van der Waals surface area contributed by atoms with Gasteiger partial charge in [0.1, 0.15) is 5.75 Å². The highest BCUT2D eigenvalue weighted by atomic mass is 35.5. The molecule has 1 aromatic rings. The number of benzene rings is 1. The van der Waals surface area contributed by atoms with Gasteiger partial charge >= 0.3 is 0 Å². The van der Waals surface area contributed by atoms with E-state index in [1.807, 2.05) is 12.1 Å². The van der Waals surface area contributed by atoms with Crippen LogP contribution in [0.1, 0.15) is 18.4 Å². The number of nitrogens with two attached hydrogens (primary N) is 1. The molecule has 0 saturated heterocycles. The van der Waals surface area contributed by atoms with Crippen LogP contribution in [-0.2, 0) is 11.3 Å². The molecule has 1 aliphatic carbocycles. The lowest BCUT2D eigenvalue weighted by Crippen LogP contribution is -2.42. The maximum absolute atomic E-state index is 11.6. The summed E-state index contributed by atoms with van der Waals surface area (Å²) in [7, 11) is 1.58. The van der Waals surface area contributed by atoms with Gasteiger partial charge in [0.25, 0.3) is 0 Å². The van der Waals surface area contributed by atoms with Gasteiger partial charge in [-0.2, -0.15) is 0 Å². The van der Waals surface area contributed by atoms with Crippen LogP contribution in [0.5, 0.6) is 5.75 Å². The molecule has 17 heavy (non-hydrogen) atoms. The highest BCUT2D eigenvalue weighted by Gasteiger charge is 2.45. The number of hydrogen-bond acceptors (Lipinski definition) is 3. The second kappa shape index (κ2) is 4.55. The van der Waals surface area contributed by atoms with Crippen molar-refractivity contribution in [1.29, 1.82) is 0 Å². The van der Waals surface area contributed by atoms with Gasteiger partial charge in [-0.25, -0.2) is 0 Å². The summed E-state index contributed by atoms with van der Waals surface area (Å²) in [5, 5.41) is 3.37. The van der Waals surface area contributed by atoms with Gasteiger partial charge in [-0.3, -0.25) is 4.79 Å². The fraction of sp³-hybridized carbons (Fsp3) is 0.417. The lowest BCUT2D eigenvalue weighted by molar-refractivity contribution is -0.123. The number of amides is 1. The molecule has 5 heteroatoms. The molecule has 1 aliphatic rings. The molecular formula is C12H15ClN2O2. The van der Waals surface area contributed by atoms with Crippen molar-refractivity contribution in [2.75, 3.05) is 7.11 Å². The van der Waals surface area contributed by atoms with Gasteiger partial charge in [0.15, 0.2) is 0 Å². The Labute approximate surface area is 105 Å². The highest BCUT2D eigenvalue weighted by molar-refractivity contribution is 6.31. The number of halogens is 1. The van der Waals surface area contributed by atoms with Crippen LogP contribution in [-0.4, -0.2) is 18.6 Å². The van der Waals surface area contributed by atoms with E-state index in [1.54, 1.807) is 13.2 Å². The Morgan fingerprint density at radius 3 is 2.82 bits per heavy atom. The molecule has 0 radical (unpaired) electrons. The van der Waals surface area contributed by atoms with Gasteiger partial charge in [0.2, 0.25) is 5.91 Å². The molecule has 0 unspecified atom stereocenters. The van der Waals surface area contributed by atoms with E-state index in [0.29, 0.717) is 17.3 Å². The van der Waals surface area contributed by atoms with E-state index in [2.05, 4.69) is 5.32 Å². The normalized spacial score (nSPS) is 16.4. The minimum absolute atomic E-state index is 0.107. The summed E-state index contributed by atoms with van der Waals surface area (Å²) >= 11 is 6.06. The van der Waals surface area contributed by atoms with Crippen molar-refractivity contribution in [3.05, 3.63) is 28.8 Å². The zero-order chi connectivity index (χ0) is 12.5. The number of rotatable bonds is 4. The third-order valence-electron chi connectivity index (χ3n) is 2.94. The summed E-state index contributed by atoms with van der Waals surface area (Å²) < 4.78 is 5.05. The predicted octanol–water partition coefficient (Wildman–Crippen LogP) is 1.46. The predicted molar refractivity (Wildman–Crippen MR) is 66.0 cm³/mol. The molecule has 1 amide bonds. The summed E-state index contributed by atoms with van der Waals surface area (Å²) in [5.74, 6) is 0.590. The topological polar surface area (TPSA) is 64.3 Å². The minimum Gasteiger partial charge on any atom is -0.497 e. The van der Waals surface area contributed by atoms with E-state index in [0.717, 1.165) is 18.4 Å². The van der Waals surface area contributed by atoms with Crippen molar-refractivity contribution in [3.63, 3.8) is 0 Å². The lowest BCUT2D eigenvalue weighted by Gasteiger charge is -2.11. The van der Waals surface area contributed by atoms with Crippen molar-refractivity contribution in [3.8, 4) is 5.75 Å². The molecule has 3 N–H and O–H groups in total. The molecule has 1 fully saturated rings. The van der Waals surface area contributed by atoms with E-state index in [9.17, 15) is 4.79 Å². The quantitative estimate of drug-likeness (QED) is 0.855. The smallest absolute Gasteiger partial charge is 0.240 e. The van der Waals surface area contributed by atoms with Crippen molar-refractivity contribution in [2.24, 2.45) is 5.73 Å². The average Bonchev–Trinajstić information content (AvgIpc) is 3.06. The van der Waals surface area contributed by atoms with Crippen LogP contribution in [0.3, 0.4) is 0 Å². The second-order valence-electron chi connectivity index (χ2n) is 4.30. The first kappa shape index (κ1) is 12.2. The Balaban J connectivity index is 1.97. The molecule has 0 atom stereocenters. The standard InChI is InChI=1S/C12H15ClN2O2/c1-17-9-3-2-8(10(13)6-9)7-15-11(16)12(14)4-5-12/h2-3,6H,4-5,7,14H2,1H3,(H,15,16). The Morgan fingerprint density at radius 1 is 1.59 bits per heavy atom. The van der Waals surface area contributed by atoms with Crippen LogP contribution in [0.2, 0.25) is 5.02 Å². The second-order valence-corrected chi connectivity index (χ2v) is 4.70. The number of carbonyl (C=O) groups is 1. The molecule has 1 aromatic carbocycles. The van der Waals surface area contributed by atoms with Crippen LogP contribution in [0.15, 0.2) is 18.2 Å². The van der Waals surface area contributed by atoms with Crippen LogP contribution >= 0.6 is 11.6 Å². The Bertz CT molecular complexity index is 444. The molecule has 0 bridgehead atoms. The molecule has 0 heterocycles. The number of methoxy groups -OCH3 is 1. The highest BCUT2D eigenvalue weighted by Crippen LogP contribution is 2.32. The van der Waals surface area contributed by atoms with Gasteiger partial charge in [0, 0.05) is 11.6 Å². The van der Waals surface area contributed by atoms with E-state index < -0.39 is 5.54 Å². The van der Waals surface area contributed by atoms with Gasteiger partial charge < -0.3 is 15.8 Å². The van der Waals surface area contributed by atoms with Crippen molar-refractivity contribution in [2.45, 2.75) is 24.9 Å². The van der Waals surface area contributed by atoms with Crippen LogP contribution in [0, 0.1) is 0 Å². The number of nitrogens with one attached hydrogen (secondary N) is 1. The van der Waals surface area contributed by atoms with Crippen molar-refractivity contribution >= 4 is 17.5 Å². The summed E-state index contributed by atoms with van der Waals surface area (Å²) in [5.41, 5.74) is 5.98. The van der Waals surface area contributed by atoms with Crippen LogP contribution in [0.25, 0.3) is 0 Å². The van der Waals surface area contributed by atoms with Gasteiger partial charge in [-0.05, 0) is 30.5 Å². The Kier molecular flexibility index (Phi) is 3.26. The third-order valence-corrected chi connectivity index (χ3v) is 3.29. The number of ether oxygens (including phenoxy) is 1. The SMILES string of the molecule is COc1ccc(CNC(=O)C2(N)CC2)c(Cl)c1. The molecule has 1 saturated carbocycles. The summed E-state index contributed by atoms with van der Waals surface area (Å²) in [6.07, 6.45) is 1.52. The Morgan fingerprint density at radius 2 is 2.29 bits per heavy atom. The monoisotopic (exact) mass is 254 g/mol. The largest absolute Gasteiger partial charge is 0.497 e. The summed E-state index contributed by atoms with van der Waals surface area (Å²) in [4.78, 5) is 11.6. The summed E-state index contributed by atoms with van der Waals surface area (Å²) in [6.45, 7) is 0.389. The molecule has 4 nitrogen and oxygen atoms in total. The maximum atomic E-state index is 11.6. The first-order valence-electron chi connectivity index (χ1n) is 5.45. The van der Waals surface area contributed by atoms with Crippen LogP contribution < -0.4 is 15.8 Å². The van der Waals surface area contributed by atoms with Gasteiger partial charge in [0.05, 0.1) is 12.6 Å². The maximum Gasteiger partial charge on any atom is 0.240 e. The molecule has 92 valence electrons. The first-order valence-corrected chi connectivity index (χ1v) is 5.82. The fourth-order valence-corrected chi connectivity index (χ4v) is 1.75. The minimum atomic E-state index is -0.640. The van der Waals surface area contributed by atoms with E-state index in [1.165, 1.54) is 0 Å². The first-order chi connectivity index (χ1) is 8.05. The fourth-order valence-electron chi connectivity index (χ4n) is 1.51. The van der Waals surface area contributed by atoms with Crippen LogP contribution in [0.4, 0.5) is 0 Å².